The third-order valence-electron chi connectivity index (χ3n) is 5.39. The van der Waals surface area contributed by atoms with Gasteiger partial charge < -0.3 is 24.8 Å². The first-order chi connectivity index (χ1) is 13.7. The van der Waals surface area contributed by atoms with Crippen molar-refractivity contribution in [1.29, 1.82) is 0 Å². The van der Waals surface area contributed by atoms with Crippen molar-refractivity contribution in [1.82, 2.24) is 14.9 Å². The Morgan fingerprint density at radius 1 is 1.07 bits per heavy atom. The van der Waals surface area contributed by atoms with E-state index < -0.39 is 0 Å². The maximum Gasteiger partial charge on any atom is 0.231 e. The first kappa shape index (κ1) is 18.0. The number of benzene rings is 1. The molecule has 1 aromatic heterocycles. The summed E-state index contributed by atoms with van der Waals surface area (Å²) in [6.07, 6.45) is 0.854. The molecule has 1 fully saturated rings. The van der Waals surface area contributed by atoms with Crippen LogP contribution in [0.4, 0.5) is 11.8 Å². The van der Waals surface area contributed by atoms with Gasteiger partial charge in [0, 0.05) is 42.8 Å². The molecular formula is C19H22BrN5O3. The number of rotatable bonds is 3. The maximum absolute atomic E-state index is 6.27. The Balaban J connectivity index is 1.36. The van der Waals surface area contributed by atoms with Crippen LogP contribution in [0.25, 0.3) is 0 Å². The molecule has 2 aromatic rings. The molecule has 0 aliphatic carbocycles. The zero-order valence-corrected chi connectivity index (χ0v) is 17.1. The lowest BCUT2D eigenvalue weighted by molar-refractivity contribution is 0.122. The Bertz CT molecular complexity index is 904. The van der Waals surface area contributed by atoms with E-state index in [0.717, 1.165) is 66.4 Å². The van der Waals surface area contributed by atoms with Crippen molar-refractivity contribution < 1.29 is 14.2 Å². The molecule has 2 N–H and O–H groups in total. The summed E-state index contributed by atoms with van der Waals surface area (Å²) in [4.78, 5) is 13.9. The normalized spacial score (nSPS) is 19.0. The lowest BCUT2D eigenvalue weighted by Crippen LogP contribution is -2.38. The summed E-state index contributed by atoms with van der Waals surface area (Å²) in [6.45, 7) is 5.74. The fourth-order valence-corrected chi connectivity index (χ4v) is 4.31. The predicted molar refractivity (Wildman–Crippen MR) is 108 cm³/mol. The molecule has 9 heteroatoms. The average Bonchev–Trinajstić information content (AvgIpc) is 3.15. The van der Waals surface area contributed by atoms with Gasteiger partial charge in [0.05, 0.1) is 18.9 Å². The van der Waals surface area contributed by atoms with Crippen LogP contribution in [-0.2, 0) is 24.2 Å². The van der Waals surface area contributed by atoms with Crippen LogP contribution in [0.5, 0.6) is 11.5 Å². The van der Waals surface area contributed by atoms with E-state index in [4.69, 9.17) is 24.9 Å². The minimum Gasteiger partial charge on any atom is -0.454 e. The number of aromatic nitrogens is 2. The van der Waals surface area contributed by atoms with Crippen molar-refractivity contribution in [3.05, 3.63) is 33.4 Å². The van der Waals surface area contributed by atoms with Crippen molar-refractivity contribution in [2.24, 2.45) is 0 Å². The topological polar surface area (TPSA) is 86.0 Å². The summed E-state index contributed by atoms with van der Waals surface area (Å²) < 4.78 is 17.4. The van der Waals surface area contributed by atoms with Crippen molar-refractivity contribution in [2.75, 3.05) is 50.3 Å². The molecule has 0 radical (unpaired) electrons. The minimum atomic E-state index is 0.281. The van der Waals surface area contributed by atoms with Crippen LogP contribution >= 0.6 is 15.9 Å². The molecule has 0 atom stereocenters. The Kier molecular flexibility index (Phi) is 4.73. The first-order valence-electron chi connectivity index (χ1n) is 9.46. The molecule has 148 valence electrons. The summed E-state index contributed by atoms with van der Waals surface area (Å²) >= 11 is 3.66. The summed E-state index contributed by atoms with van der Waals surface area (Å²) in [7, 11) is 0. The number of morpholine rings is 1. The molecule has 1 aromatic carbocycles. The highest BCUT2D eigenvalue weighted by Gasteiger charge is 2.25. The second-order valence-corrected chi connectivity index (χ2v) is 8.05. The van der Waals surface area contributed by atoms with Gasteiger partial charge >= 0.3 is 0 Å². The highest BCUT2D eigenvalue weighted by molar-refractivity contribution is 9.10. The van der Waals surface area contributed by atoms with E-state index in [9.17, 15) is 0 Å². The van der Waals surface area contributed by atoms with E-state index in [1.54, 1.807) is 0 Å². The van der Waals surface area contributed by atoms with Crippen molar-refractivity contribution in [2.45, 2.75) is 19.5 Å². The second-order valence-electron chi connectivity index (χ2n) is 7.19. The number of nitrogens with zero attached hydrogens (tertiary/aromatic N) is 4. The quantitative estimate of drug-likeness (QED) is 0.763. The molecule has 0 saturated carbocycles. The van der Waals surface area contributed by atoms with Gasteiger partial charge in [-0.25, -0.2) is 4.98 Å². The molecule has 0 spiro atoms. The van der Waals surface area contributed by atoms with Crippen LogP contribution < -0.4 is 20.1 Å². The number of anilines is 2. The van der Waals surface area contributed by atoms with Crippen LogP contribution in [0.15, 0.2) is 16.6 Å². The second kappa shape index (κ2) is 7.38. The zero-order valence-electron chi connectivity index (χ0n) is 15.5. The molecule has 0 bridgehead atoms. The van der Waals surface area contributed by atoms with Crippen LogP contribution in [0.1, 0.15) is 16.8 Å². The number of fused-ring (bicyclic) bond motifs is 2. The van der Waals surface area contributed by atoms with Crippen LogP contribution in [0.3, 0.4) is 0 Å². The molecular weight excluding hydrogens is 426 g/mol. The van der Waals surface area contributed by atoms with Gasteiger partial charge in [-0.05, 0) is 24.1 Å². The van der Waals surface area contributed by atoms with Gasteiger partial charge in [0.2, 0.25) is 12.7 Å². The molecule has 1 saturated heterocycles. The van der Waals surface area contributed by atoms with E-state index in [2.05, 4.69) is 36.8 Å². The average molecular weight is 448 g/mol. The lowest BCUT2D eigenvalue weighted by atomic mass is 10.0. The number of hydrogen-bond acceptors (Lipinski definition) is 8. The molecule has 8 nitrogen and oxygen atoms in total. The van der Waals surface area contributed by atoms with Gasteiger partial charge in [-0.2, -0.15) is 4.98 Å². The van der Waals surface area contributed by atoms with Gasteiger partial charge in [0.1, 0.15) is 5.82 Å². The van der Waals surface area contributed by atoms with Gasteiger partial charge in [-0.1, -0.05) is 15.9 Å². The summed E-state index contributed by atoms with van der Waals surface area (Å²) in [5.41, 5.74) is 9.54. The highest BCUT2D eigenvalue weighted by Crippen LogP contribution is 2.37. The SMILES string of the molecule is Nc1nc(N2CCOCC2)nc2c1CCN(Cc1cc3c(cc1Br)OCO3)C2. The molecule has 5 rings (SSSR count). The Hall–Kier alpha value is -2.10. The van der Waals surface area contributed by atoms with Gasteiger partial charge in [0.25, 0.3) is 0 Å². The third-order valence-corrected chi connectivity index (χ3v) is 6.13. The van der Waals surface area contributed by atoms with Crippen LogP contribution in [-0.4, -0.2) is 54.5 Å². The Morgan fingerprint density at radius 2 is 1.86 bits per heavy atom. The first-order valence-corrected chi connectivity index (χ1v) is 10.2. The molecule has 3 aliphatic rings. The molecule has 0 amide bonds. The van der Waals surface area contributed by atoms with Gasteiger partial charge in [-0.3, -0.25) is 4.90 Å². The monoisotopic (exact) mass is 447 g/mol. The Morgan fingerprint density at radius 3 is 2.68 bits per heavy atom. The smallest absolute Gasteiger partial charge is 0.231 e. The zero-order chi connectivity index (χ0) is 19.1. The van der Waals surface area contributed by atoms with Crippen molar-refractivity contribution >= 4 is 27.7 Å². The molecule has 0 unspecified atom stereocenters. The maximum atomic E-state index is 6.27. The molecule has 3 aliphatic heterocycles. The largest absolute Gasteiger partial charge is 0.454 e. The highest BCUT2D eigenvalue weighted by atomic mass is 79.9. The number of nitrogen functional groups attached to an aromatic ring is 1. The number of hydrogen-bond donors (Lipinski definition) is 1. The van der Waals surface area contributed by atoms with E-state index >= 15 is 0 Å². The Labute approximate surface area is 171 Å². The predicted octanol–water partition coefficient (Wildman–Crippen LogP) is 1.94. The van der Waals surface area contributed by atoms with E-state index in [-0.39, 0.29) is 6.79 Å². The standard InChI is InChI=1S/C19H22BrN5O3/c20-14-8-17-16(27-11-28-17)7-12(14)9-24-2-1-13-15(10-24)22-19(23-18(13)21)25-3-5-26-6-4-25/h7-8H,1-6,9-11H2,(H2,21,22,23). The molecule has 4 heterocycles. The van der Waals surface area contributed by atoms with E-state index in [1.165, 1.54) is 5.56 Å². The minimum absolute atomic E-state index is 0.281. The third kappa shape index (κ3) is 3.38. The summed E-state index contributed by atoms with van der Waals surface area (Å²) in [5, 5.41) is 0. The van der Waals surface area contributed by atoms with Crippen LogP contribution in [0, 0.1) is 0 Å². The number of nitrogens with two attached hydrogens (primary N) is 1. The lowest BCUT2D eigenvalue weighted by Gasteiger charge is -2.31. The summed E-state index contributed by atoms with van der Waals surface area (Å²) in [5.74, 6) is 2.91. The van der Waals surface area contributed by atoms with Crippen molar-refractivity contribution in [3.8, 4) is 11.5 Å². The fraction of sp³-hybridized carbons (Fsp3) is 0.474. The number of halogens is 1. The van der Waals surface area contributed by atoms with Gasteiger partial charge in [0.15, 0.2) is 11.5 Å². The van der Waals surface area contributed by atoms with E-state index in [0.29, 0.717) is 25.0 Å². The summed E-state index contributed by atoms with van der Waals surface area (Å²) in [6, 6.07) is 4.03. The van der Waals surface area contributed by atoms with Crippen molar-refractivity contribution in [3.63, 3.8) is 0 Å². The van der Waals surface area contributed by atoms with E-state index in [1.807, 2.05) is 6.07 Å². The molecule has 28 heavy (non-hydrogen) atoms. The number of ether oxygens (including phenoxy) is 3. The van der Waals surface area contributed by atoms with Crippen LogP contribution in [0.2, 0.25) is 0 Å². The fourth-order valence-electron chi connectivity index (χ4n) is 3.86. The van der Waals surface area contributed by atoms with Gasteiger partial charge in [-0.15, -0.1) is 0 Å².